The number of anilines is 1. The first-order chi connectivity index (χ1) is 20.6. The molecule has 1 aromatic carbocycles. The summed E-state index contributed by atoms with van der Waals surface area (Å²) in [7, 11) is -9.76. The number of nitrogens with zero attached hydrogens (tertiary/aromatic N) is 4. The molecular formula is C30H41F3N6O3S2. The Morgan fingerprint density at radius 3 is 2.41 bits per heavy atom. The van der Waals surface area contributed by atoms with E-state index < -0.39 is 25.2 Å². The molecule has 4 rings (SSSR count). The van der Waals surface area contributed by atoms with Gasteiger partial charge in [-0.15, -0.1) is 0 Å². The molecule has 0 aliphatic carbocycles. The van der Waals surface area contributed by atoms with E-state index in [1.54, 1.807) is 23.1 Å². The molecule has 0 spiro atoms. The Bertz CT molecular complexity index is 1570. The van der Waals surface area contributed by atoms with Crippen molar-refractivity contribution in [1.82, 2.24) is 25.2 Å². The van der Waals surface area contributed by atoms with Crippen molar-refractivity contribution >= 4 is 32.1 Å². The maximum atomic E-state index is 13.7. The van der Waals surface area contributed by atoms with Crippen LogP contribution in [0.4, 0.5) is 17.5 Å². The number of carbonyl (C=O) groups is 1. The van der Waals surface area contributed by atoms with Crippen molar-refractivity contribution in [2.75, 3.05) is 30.3 Å². The maximum absolute atomic E-state index is 13.7. The summed E-state index contributed by atoms with van der Waals surface area (Å²) in [6.07, 6.45) is 8.32. The van der Waals surface area contributed by atoms with Crippen molar-refractivity contribution in [1.29, 1.82) is 0 Å². The molecule has 0 bridgehead atoms. The molecule has 1 fully saturated rings. The first-order valence-electron chi connectivity index (χ1n) is 14.7. The van der Waals surface area contributed by atoms with E-state index in [1.165, 1.54) is 24.4 Å². The number of benzene rings is 1. The van der Waals surface area contributed by atoms with Crippen LogP contribution < -0.4 is 10.0 Å². The highest BCUT2D eigenvalue weighted by molar-refractivity contribution is 8.37. The average molecular weight is 655 g/mol. The van der Waals surface area contributed by atoms with Gasteiger partial charge in [0.1, 0.15) is 11.6 Å². The molecule has 1 aliphatic heterocycles. The number of rotatable bonds is 12. The first-order valence-corrected chi connectivity index (χ1v) is 18.9. The topological polar surface area (TPSA) is 117 Å². The van der Waals surface area contributed by atoms with Crippen LogP contribution in [0.5, 0.6) is 0 Å². The van der Waals surface area contributed by atoms with E-state index >= 15 is 0 Å². The summed E-state index contributed by atoms with van der Waals surface area (Å²) in [5.74, 6) is 0.706. The zero-order valence-electron chi connectivity index (χ0n) is 25.4. The summed E-state index contributed by atoms with van der Waals surface area (Å²) < 4.78 is 66.4. The van der Waals surface area contributed by atoms with Gasteiger partial charge in [-0.2, -0.15) is 11.7 Å². The zero-order chi connectivity index (χ0) is 32.1. The highest BCUT2D eigenvalue weighted by Crippen LogP contribution is 2.77. The molecule has 3 heterocycles. The Balaban J connectivity index is 1.29. The maximum Gasteiger partial charge on any atom is 0.254 e. The molecule has 1 unspecified atom stereocenters. The van der Waals surface area contributed by atoms with E-state index in [1.807, 2.05) is 13.1 Å². The number of likely N-dealkylation sites (tertiary alicyclic amines) is 1. The zero-order valence-corrected chi connectivity index (χ0v) is 27.1. The summed E-state index contributed by atoms with van der Waals surface area (Å²) in [6, 6.07) is 8.74. The molecule has 1 aliphatic rings. The Morgan fingerprint density at radius 1 is 1.11 bits per heavy atom. The number of pyridine rings is 1. The molecule has 0 radical (unpaired) electrons. The molecule has 3 aromatic rings. The lowest BCUT2D eigenvalue weighted by atomic mass is 9.96. The van der Waals surface area contributed by atoms with Gasteiger partial charge >= 0.3 is 0 Å². The van der Waals surface area contributed by atoms with Gasteiger partial charge in [-0.25, -0.2) is 23.4 Å². The Morgan fingerprint density at radius 2 is 1.80 bits per heavy atom. The lowest BCUT2D eigenvalue weighted by Gasteiger charge is -2.33. The lowest BCUT2D eigenvalue weighted by molar-refractivity contribution is 0.0704. The fourth-order valence-electron chi connectivity index (χ4n) is 5.21. The van der Waals surface area contributed by atoms with E-state index in [0.717, 1.165) is 42.3 Å². The molecule has 0 saturated carbocycles. The number of hydrogen-bond donors (Lipinski definition) is 3. The summed E-state index contributed by atoms with van der Waals surface area (Å²) in [6.45, 7) is 5.74. The van der Waals surface area contributed by atoms with Crippen LogP contribution in [0.1, 0.15) is 72.0 Å². The summed E-state index contributed by atoms with van der Waals surface area (Å²) >= 11 is 0. The van der Waals surface area contributed by atoms with Crippen LogP contribution in [0.3, 0.4) is 0 Å². The molecule has 44 heavy (non-hydrogen) atoms. The highest BCUT2D eigenvalue weighted by Gasteiger charge is 2.34. The van der Waals surface area contributed by atoms with Gasteiger partial charge in [-0.05, 0) is 67.0 Å². The second kappa shape index (κ2) is 13.4. The van der Waals surface area contributed by atoms with E-state index in [4.69, 9.17) is 4.98 Å². The van der Waals surface area contributed by atoms with Crippen molar-refractivity contribution in [3.05, 3.63) is 77.0 Å². The third kappa shape index (κ3) is 9.38. The third-order valence-electron chi connectivity index (χ3n) is 7.84. The van der Waals surface area contributed by atoms with Crippen LogP contribution in [0.15, 0.2) is 53.7 Å². The third-order valence-corrected chi connectivity index (χ3v) is 9.82. The molecule has 14 heteroatoms. The number of amides is 1. The van der Waals surface area contributed by atoms with Gasteiger partial charge in [0.15, 0.2) is 0 Å². The number of thiol groups is 1. The van der Waals surface area contributed by atoms with Gasteiger partial charge in [0, 0.05) is 61.2 Å². The second-order valence-electron chi connectivity index (χ2n) is 11.6. The summed E-state index contributed by atoms with van der Waals surface area (Å²) in [5, 5.41) is 3.58. The van der Waals surface area contributed by atoms with Gasteiger partial charge in [-0.1, -0.05) is 26.0 Å². The van der Waals surface area contributed by atoms with Crippen LogP contribution in [0.25, 0.3) is 0 Å². The van der Waals surface area contributed by atoms with Crippen LogP contribution >= 0.6 is 10.3 Å². The lowest BCUT2D eigenvalue weighted by Crippen LogP contribution is -2.44. The largest absolute Gasteiger partial charge is 0.339 e. The number of piperidine rings is 1. The number of sulfonamides is 1. The van der Waals surface area contributed by atoms with Crippen molar-refractivity contribution in [2.24, 2.45) is 0 Å². The predicted octanol–water partition coefficient (Wildman–Crippen LogP) is 5.65. The molecule has 242 valence electrons. The number of aryl methyl sites for hydroxylation is 2. The quantitative estimate of drug-likeness (QED) is 0.216. The van der Waals surface area contributed by atoms with Gasteiger partial charge in [0.2, 0.25) is 10.0 Å². The van der Waals surface area contributed by atoms with Gasteiger partial charge in [-0.3, -0.25) is 9.52 Å². The standard InChI is InChI=1S/C30H41F3N6O3S2/c1-5-22-19-36-28(11-6-21(2)23-7-9-26(10-8-23)44(4,31,32)33)37-27(22)20-35-25-13-16-39(17-14-25)30(40)24-12-15-34-29(18-24)38-43(3,41)42/h7-10,12,15,18-19,21,25,35,44H,5-6,11,13-14,16-17,20H2,1-4H3,(H,34,38). The van der Waals surface area contributed by atoms with E-state index in [9.17, 15) is 24.9 Å². The van der Waals surface area contributed by atoms with Crippen molar-refractivity contribution in [3.63, 3.8) is 0 Å². The Kier molecular flexibility index (Phi) is 10.3. The fraction of sp³-hybridized carbons (Fsp3) is 0.467. The van der Waals surface area contributed by atoms with Crippen LogP contribution in [-0.2, 0) is 29.4 Å². The number of aromatic nitrogens is 3. The van der Waals surface area contributed by atoms with E-state index in [0.29, 0.717) is 50.1 Å². The number of carbonyl (C=O) groups excluding carboxylic acids is 1. The molecule has 1 saturated heterocycles. The molecule has 9 nitrogen and oxygen atoms in total. The smallest absolute Gasteiger partial charge is 0.254 e. The Hall–Kier alpha value is -3.23. The molecule has 1 atom stereocenters. The minimum absolute atomic E-state index is 0.0596. The minimum atomic E-state index is -6.26. The second-order valence-corrected chi connectivity index (χ2v) is 16.2. The van der Waals surface area contributed by atoms with Crippen molar-refractivity contribution in [3.8, 4) is 0 Å². The minimum Gasteiger partial charge on any atom is -0.339 e. The first kappa shape index (κ1) is 33.7. The van der Waals surface area contributed by atoms with Gasteiger partial charge in [0.05, 0.1) is 22.3 Å². The average Bonchev–Trinajstić information content (AvgIpc) is 2.97. The van der Waals surface area contributed by atoms with E-state index in [-0.39, 0.29) is 23.7 Å². The van der Waals surface area contributed by atoms with Crippen molar-refractivity contribution in [2.45, 2.75) is 69.4 Å². The Labute approximate surface area is 258 Å². The summed E-state index contributed by atoms with van der Waals surface area (Å²) in [4.78, 5) is 27.6. The van der Waals surface area contributed by atoms with Crippen LogP contribution in [0.2, 0.25) is 0 Å². The summed E-state index contributed by atoms with van der Waals surface area (Å²) in [5.41, 5.74) is 3.22. The van der Waals surface area contributed by atoms with Crippen LogP contribution in [-0.4, -0.2) is 65.8 Å². The fourth-order valence-corrected chi connectivity index (χ4v) is 6.48. The molecule has 2 aromatic heterocycles. The molecule has 1 amide bonds. The number of hydrogen-bond acceptors (Lipinski definition) is 7. The monoisotopic (exact) mass is 654 g/mol. The SMILES string of the molecule is CCc1cnc(CCC(C)c2ccc([SH](C)(F)(F)F)cc2)nc1CNC1CCN(C(=O)c2ccnc(NS(C)(=O)=O)c2)CC1. The molecule has 2 N–H and O–H groups in total. The normalized spacial score (nSPS) is 16.2. The van der Waals surface area contributed by atoms with Gasteiger partial charge < -0.3 is 10.2 Å². The van der Waals surface area contributed by atoms with Crippen molar-refractivity contribution < 1.29 is 24.9 Å². The van der Waals surface area contributed by atoms with E-state index in [2.05, 4.69) is 26.9 Å². The number of nitrogens with one attached hydrogen (secondary N) is 2. The molecular weight excluding hydrogens is 613 g/mol. The predicted molar refractivity (Wildman–Crippen MR) is 170 cm³/mol. The van der Waals surface area contributed by atoms with Crippen LogP contribution in [0, 0.1) is 0 Å². The number of halogens is 3. The highest BCUT2D eigenvalue weighted by atomic mass is 32.4. The van der Waals surface area contributed by atoms with Gasteiger partial charge in [0.25, 0.3) is 5.91 Å².